The Kier molecular flexibility index (Phi) is 7.32. The van der Waals surface area contributed by atoms with E-state index >= 15 is 0 Å². The van der Waals surface area contributed by atoms with Gasteiger partial charge in [0.15, 0.2) is 5.13 Å². The lowest BCUT2D eigenvalue weighted by molar-refractivity contribution is -0.116. The number of methoxy groups -OCH3 is 1. The molecule has 2 rings (SSSR count). The van der Waals surface area contributed by atoms with Gasteiger partial charge in [0.2, 0.25) is 5.91 Å². The Labute approximate surface area is 164 Å². The van der Waals surface area contributed by atoms with Gasteiger partial charge in [-0.1, -0.05) is 6.07 Å². The van der Waals surface area contributed by atoms with E-state index in [1.807, 2.05) is 32.8 Å². The molecule has 0 bridgehead atoms. The first-order valence-electron chi connectivity index (χ1n) is 8.62. The lowest BCUT2D eigenvalue weighted by Gasteiger charge is -2.24. The molecule has 0 radical (unpaired) electrons. The summed E-state index contributed by atoms with van der Waals surface area (Å²) in [7, 11) is 5.41. The van der Waals surface area contributed by atoms with E-state index < -0.39 is 0 Å². The number of carbonyl (C=O) groups excluding carboxylic acids is 2. The Hall–Kier alpha value is -2.45. The molecule has 2 amide bonds. The summed E-state index contributed by atoms with van der Waals surface area (Å²) < 4.78 is 5.19. The fraction of sp³-hybridized carbons (Fsp3) is 0.421. The van der Waals surface area contributed by atoms with Gasteiger partial charge in [-0.3, -0.25) is 9.59 Å². The summed E-state index contributed by atoms with van der Waals surface area (Å²) in [6.45, 7) is 4.90. The van der Waals surface area contributed by atoms with Gasteiger partial charge < -0.3 is 19.9 Å². The van der Waals surface area contributed by atoms with Crippen molar-refractivity contribution in [3.8, 4) is 5.75 Å². The van der Waals surface area contributed by atoms with Crippen LogP contribution >= 0.6 is 11.3 Å². The largest absolute Gasteiger partial charge is 0.497 e. The second kappa shape index (κ2) is 9.48. The minimum absolute atomic E-state index is 0.0401. The number of likely N-dealkylation sites (N-methyl/N-ethyl adjacent to an activating group) is 1. The number of carbonyl (C=O) groups is 2. The maximum atomic E-state index is 12.9. The molecule has 0 aliphatic carbocycles. The normalized spacial score (nSPS) is 10.7. The second-order valence-electron chi connectivity index (χ2n) is 6.47. The minimum Gasteiger partial charge on any atom is -0.497 e. The highest BCUT2D eigenvalue weighted by molar-refractivity contribution is 7.15. The molecule has 0 spiro atoms. The van der Waals surface area contributed by atoms with Crippen LogP contribution in [0.4, 0.5) is 5.13 Å². The van der Waals surface area contributed by atoms with Crippen molar-refractivity contribution < 1.29 is 14.3 Å². The second-order valence-corrected chi connectivity index (χ2v) is 7.67. The zero-order valence-corrected chi connectivity index (χ0v) is 17.2. The highest BCUT2D eigenvalue weighted by Gasteiger charge is 2.20. The van der Waals surface area contributed by atoms with Gasteiger partial charge in [0.1, 0.15) is 12.3 Å². The minimum atomic E-state index is -0.265. The molecule has 8 heteroatoms. The Bertz CT molecular complexity index is 785. The van der Waals surface area contributed by atoms with Crippen molar-refractivity contribution in [2.75, 3.05) is 46.2 Å². The van der Waals surface area contributed by atoms with E-state index in [0.29, 0.717) is 29.5 Å². The number of ether oxygens (including phenoxy) is 1. The van der Waals surface area contributed by atoms with Crippen molar-refractivity contribution in [3.05, 3.63) is 40.4 Å². The fourth-order valence-corrected chi connectivity index (χ4v) is 3.20. The standard InChI is InChI=1S/C19H26N4O3S/c1-13-14(2)27-19(20-13)21-17(24)12-23(10-9-22(3)4)18(25)15-7-6-8-16(11-15)26-5/h6-8,11H,9-10,12H2,1-5H3,(H,20,21,24). The lowest BCUT2D eigenvalue weighted by Crippen LogP contribution is -2.41. The van der Waals surface area contributed by atoms with Crippen molar-refractivity contribution in [2.24, 2.45) is 0 Å². The summed E-state index contributed by atoms with van der Waals surface area (Å²) in [6.07, 6.45) is 0. The molecule has 7 nitrogen and oxygen atoms in total. The number of rotatable bonds is 8. The molecule has 0 aliphatic heterocycles. The van der Waals surface area contributed by atoms with Gasteiger partial charge in [0.05, 0.1) is 12.8 Å². The van der Waals surface area contributed by atoms with Crippen LogP contribution in [0.1, 0.15) is 20.9 Å². The monoisotopic (exact) mass is 390 g/mol. The molecular weight excluding hydrogens is 364 g/mol. The van der Waals surface area contributed by atoms with Crippen LogP contribution in [0, 0.1) is 13.8 Å². The molecule has 1 aromatic heterocycles. The van der Waals surface area contributed by atoms with E-state index in [4.69, 9.17) is 4.74 Å². The topological polar surface area (TPSA) is 74.8 Å². The first kappa shape index (κ1) is 20.9. The Morgan fingerprint density at radius 2 is 1.96 bits per heavy atom. The number of anilines is 1. The van der Waals surface area contributed by atoms with Gasteiger partial charge in [0.25, 0.3) is 5.91 Å². The SMILES string of the molecule is COc1cccc(C(=O)N(CCN(C)C)CC(=O)Nc2nc(C)c(C)s2)c1. The molecule has 0 aliphatic rings. The van der Waals surface area contributed by atoms with E-state index in [0.717, 1.165) is 10.6 Å². The van der Waals surface area contributed by atoms with Crippen molar-refractivity contribution in [1.29, 1.82) is 0 Å². The zero-order valence-electron chi connectivity index (χ0n) is 16.4. The van der Waals surface area contributed by atoms with Crippen molar-refractivity contribution in [3.63, 3.8) is 0 Å². The van der Waals surface area contributed by atoms with Crippen LogP contribution in [0.3, 0.4) is 0 Å². The third-order valence-corrected chi connectivity index (χ3v) is 5.02. The van der Waals surface area contributed by atoms with Crippen LogP contribution in [0.5, 0.6) is 5.75 Å². The van der Waals surface area contributed by atoms with E-state index in [1.54, 1.807) is 31.4 Å². The van der Waals surface area contributed by atoms with Gasteiger partial charge in [0, 0.05) is 23.5 Å². The molecule has 0 saturated heterocycles. The predicted molar refractivity (Wildman–Crippen MR) is 108 cm³/mol. The zero-order chi connectivity index (χ0) is 20.0. The molecule has 0 saturated carbocycles. The van der Waals surface area contributed by atoms with Crippen molar-refractivity contribution in [1.82, 2.24) is 14.8 Å². The number of nitrogens with one attached hydrogen (secondary N) is 1. The maximum Gasteiger partial charge on any atom is 0.254 e. The van der Waals surface area contributed by atoms with Crippen LogP contribution in [0.25, 0.3) is 0 Å². The molecule has 27 heavy (non-hydrogen) atoms. The summed E-state index contributed by atoms with van der Waals surface area (Å²) >= 11 is 1.43. The molecule has 146 valence electrons. The third kappa shape index (κ3) is 6.04. The summed E-state index contributed by atoms with van der Waals surface area (Å²) in [5.74, 6) is 0.128. The number of aryl methyl sites for hydroxylation is 2. The van der Waals surface area contributed by atoms with E-state index in [1.165, 1.54) is 16.2 Å². The Morgan fingerprint density at radius 3 is 2.56 bits per heavy atom. The average Bonchev–Trinajstić information content (AvgIpc) is 2.94. The first-order valence-corrected chi connectivity index (χ1v) is 9.43. The van der Waals surface area contributed by atoms with Gasteiger partial charge in [-0.05, 0) is 46.1 Å². The van der Waals surface area contributed by atoms with Crippen LogP contribution in [0.15, 0.2) is 24.3 Å². The van der Waals surface area contributed by atoms with E-state index in [-0.39, 0.29) is 18.4 Å². The molecular formula is C19H26N4O3S. The number of benzene rings is 1. The summed E-state index contributed by atoms with van der Waals surface area (Å²) in [6, 6.07) is 6.94. The van der Waals surface area contributed by atoms with Gasteiger partial charge in [-0.25, -0.2) is 4.98 Å². The Morgan fingerprint density at radius 1 is 1.22 bits per heavy atom. The number of amides is 2. The van der Waals surface area contributed by atoms with Crippen LogP contribution in [-0.2, 0) is 4.79 Å². The van der Waals surface area contributed by atoms with Crippen molar-refractivity contribution in [2.45, 2.75) is 13.8 Å². The van der Waals surface area contributed by atoms with Gasteiger partial charge >= 0.3 is 0 Å². The number of hydrogen-bond acceptors (Lipinski definition) is 6. The molecule has 0 atom stereocenters. The van der Waals surface area contributed by atoms with E-state index in [2.05, 4.69) is 10.3 Å². The number of nitrogens with zero attached hydrogens (tertiary/aromatic N) is 3. The van der Waals surface area contributed by atoms with Gasteiger partial charge in [-0.15, -0.1) is 11.3 Å². The highest BCUT2D eigenvalue weighted by Crippen LogP contribution is 2.21. The smallest absolute Gasteiger partial charge is 0.254 e. The third-order valence-electron chi connectivity index (χ3n) is 4.03. The summed E-state index contributed by atoms with van der Waals surface area (Å²) in [5.41, 5.74) is 1.38. The van der Waals surface area contributed by atoms with Gasteiger partial charge in [-0.2, -0.15) is 0 Å². The fourth-order valence-electron chi connectivity index (χ4n) is 2.37. The first-order chi connectivity index (χ1) is 12.8. The Balaban J connectivity index is 2.12. The summed E-state index contributed by atoms with van der Waals surface area (Å²) in [4.78, 5) is 34.3. The quantitative estimate of drug-likeness (QED) is 0.749. The molecule has 2 aromatic rings. The average molecular weight is 391 g/mol. The molecule has 1 N–H and O–H groups in total. The summed E-state index contributed by atoms with van der Waals surface area (Å²) in [5, 5.41) is 3.34. The maximum absolute atomic E-state index is 12.9. The van der Waals surface area contributed by atoms with Crippen LogP contribution in [-0.4, -0.2) is 67.4 Å². The van der Waals surface area contributed by atoms with Crippen molar-refractivity contribution >= 4 is 28.3 Å². The highest BCUT2D eigenvalue weighted by atomic mass is 32.1. The number of hydrogen-bond donors (Lipinski definition) is 1. The molecule has 1 heterocycles. The number of thiazole rings is 1. The van der Waals surface area contributed by atoms with Crippen LogP contribution < -0.4 is 10.1 Å². The molecule has 0 unspecified atom stereocenters. The lowest BCUT2D eigenvalue weighted by atomic mass is 10.2. The number of aromatic nitrogens is 1. The molecule has 0 fully saturated rings. The molecule has 1 aromatic carbocycles. The van der Waals surface area contributed by atoms with Crippen LogP contribution in [0.2, 0.25) is 0 Å². The van der Waals surface area contributed by atoms with E-state index in [9.17, 15) is 9.59 Å². The predicted octanol–water partition coefficient (Wildman–Crippen LogP) is 2.41.